The van der Waals surface area contributed by atoms with Crippen LogP contribution in [0.1, 0.15) is 40.3 Å². The van der Waals surface area contributed by atoms with Crippen molar-refractivity contribution < 1.29 is 19.1 Å². The zero-order valence-corrected chi connectivity index (χ0v) is 15.7. The largest absolute Gasteiger partial charge is 0.465 e. The van der Waals surface area contributed by atoms with Crippen molar-refractivity contribution in [1.29, 1.82) is 0 Å². The molecule has 0 aliphatic carbocycles. The second-order valence-corrected chi connectivity index (χ2v) is 7.07. The molecule has 3 heterocycles. The molecule has 8 nitrogen and oxygen atoms in total. The number of amides is 2. The summed E-state index contributed by atoms with van der Waals surface area (Å²) in [4.78, 5) is 47.0. The number of aryl methyl sites for hydroxylation is 2. The molecule has 1 aliphatic rings. The Morgan fingerprint density at radius 1 is 1.23 bits per heavy atom. The molecule has 26 heavy (non-hydrogen) atoms. The molecule has 3 rings (SSSR count). The van der Waals surface area contributed by atoms with Gasteiger partial charge in [0.05, 0.1) is 12.5 Å². The zero-order valence-electron chi connectivity index (χ0n) is 14.9. The van der Waals surface area contributed by atoms with Crippen LogP contribution in [0.2, 0.25) is 0 Å². The maximum atomic E-state index is 11.9. The zero-order chi connectivity index (χ0) is 18.8. The van der Waals surface area contributed by atoms with Gasteiger partial charge in [-0.3, -0.25) is 14.5 Å². The Kier molecular flexibility index (Phi) is 5.17. The molecule has 1 aliphatic heterocycles. The number of hydrogen-bond acceptors (Lipinski definition) is 8. The van der Waals surface area contributed by atoms with Crippen molar-refractivity contribution in [3.8, 4) is 0 Å². The highest BCUT2D eigenvalue weighted by Gasteiger charge is 2.25. The van der Waals surface area contributed by atoms with Crippen LogP contribution in [0.25, 0.3) is 10.2 Å². The summed E-state index contributed by atoms with van der Waals surface area (Å²) in [7, 11) is 1.34. The number of carbonyl (C=O) groups is 3. The number of nitrogens with zero attached hydrogens (tertiary/aromatic N) is 3. The topological polar surface area (TPSA) is 101 Å². The normalized spacial score (nSPS) is 14.8. The van der Waals surface area contributed by atoms with E-state index in [2.05, 4.69) is 15.3 Å². The Labute approximate surface area is 154 Å². The number of aromatic nitrogens is 2. The Balaban J connectivity index is 1.83. The first-order valence-electron chi connectivity index (χ1n) is 8.35. The lowest BCUT2D eigenvalue weighted by atomic mass is 10.1. The first kappa shape index (κ1) is 18.2. The average Bonchev–Trinajstić information content (AvgIpc) is 2.93. The maximum absolute atomic E-state index is 11.9. The van der Waals surface area contributed by atoms with Gasteiger partial charge in [0, 0.05) is 25.9 Å². The maximum Gasteiger partial charge on any atom is 0.348 e. The van der Waals surface area contributed by atoms with E-state index < -0.39 is 5.97 Å². The van der Waals surface area contributed by atoms with Crippen LogP contribution in [0.5, 0.6) is 0 Å². The summed E-state index contributed by atoms with van der Waals surface area (Å²) >= 11 is 1.26. The Bertz CT molecular complexity index is 877. The molecule has 9 heteroatoms. The van der Waals surface area contributed by atoms with Crippen LogP contribution in [0.3, 0.4) is 0 Å². The van der Waals surface area contributed by atoms with Gasteiger partial charge in [-0.25, -0.2) is 14.8 Å². The standard InChI is InChI=1S/C17H20N4O4S/c1-9-13-15(18-7-8-21-11(22)5-4-6-12(21)23)19-10(2)20-16(13)26-14(9)17(24)25-3/h4-8H2,1-3H3,(H,18,19,20). The summed E-state index contributed by atoms with van der Waals surface area (Å²) in [5.74, 6) is 0.494. The van der Waals surface area contributed by atoms with Crippen molar-refractivity contribution in [1.82, 2.24) is 14.9 Å². The third-order valence-electron chi connectivity index (χ3n) is 4.28. The number of likely N-dealkylation sites (tertiary alicyclic amines) is 1. The Morgan fingerprint density at radius 2 is 1.92 bits per heavy atom. The summed E-state index contributed by atoms with van der Waals surface area (Å²) in [6, 6.07) is 0. The van der Waals surface area contributed by atoms with Crippen LogP contribution in [-0.4, -0.2) is 52.9 Å². The summed E-state index contributed by atoms with van der Waals surface area (Å²) in [6.07, 6.45) is 1.45. The Morgan fingerprint density at radius 3 is 2.58 bits per heavy atom. The number of esters is 1. The van der Waals surface area contributed by atoms with E-state index in [9.17, 15) is 14.4 Å². The minimum absolute atomic E-state index is 0.133. The minimum atomic E-state index is -0.404. The van der Waals surface area contributed by atoms with Crippen LogP contribution in [0.15, 0.2) is 0 Å². The van der Waals surface area contributed by atoms with Gasteiger partial charge in [-0.1, -0.05) is 0 Å². The number of anilines is 1. The van der Waals surface area contributed by atoms with Gasteiger partial charge in [-0.2, -0.15) is 0 Å². The minimum Gasteiger partial charge on any atom is -0.465 e. The molecule has 138 valence electrons. The quantitative estimate of drug-likeness (QED) is 0.629. The average molecular weight is 376 g/mol. The number of piperidine rings is 1. The van der Waals surface area contributed by atoms with E-state index in [1.165, 1.54) is 23.3 Å². The van der Waals surface area contributed by atoms with E-state index in [1.54, 1.807) is 6.92 Å². The number of hydrogen-bond donors (Lipinski definition) is 1. The van der Waals surface area contributed by atoms with Gasteiger partial charge in [-0.05, 0) is 25.8 Å². The van der Waals surface area contributed by atoms with Gasteiger partial charge in [-0.15, -0.1) is 11.3 Å². The van der Waals surface area contributed by atoms with Crippen molar-refractivity contribution in [2.45, 2.75) is 33.1 Å². The van der Waals surface area contributed by atoms with Crippen molar-refractivity contribution >= 4 is 45.2 Å². The summed E-state index contributed by atoms with van der Waals surface area (Å²) in [5, 5.41) is 3.95. The molecule has 1 fully saturated rings. The molecule has 2 aromatic rings. The molecule has 0 saturated carbocycles. The molecule has 0 bridgehead atoms. The van der Waals surface area contributed by atoms with Gasteiger partial charge >= 0.3 is 5.97 Å². The summed E-state index contributed by atoms with van der Waals surface area (Å²) in [5.41, 5.74) is 0.754. The van der Waals surface area contributed by atoms with Crippen molar-refractivity contribution in [2.75, 3.05) is 25.5 Å². The highest BCUT2D eigenvalue weighted by molar-refractivity contribution is 7.20. The van der Waals surface area contributed by atoms with Gasteiger partial charge in [0.15, 0.2) is 0 Å². The number of thiophene rings is 1. The second-order valence-electron chi connectivity index (χ2n) is 6.07. The fourth-order valence-electron chi connectivity index (χ4n) is 3.00. The third-order valence-corrected chi connectivity index (χ3v) is 5.45. The fourth-order valence-corrected chi connectivity index (χ4v) is 4.14. The molecule has 1 N–H and O–H groups in total. The number of nitrogens with one attached hydrogen (secondary N) is 1. The number of fused-ring (bicyclic) bond motifs is 1. The van der Waals surface area contributed by atoms with E-state index in [0.29, 0.717) is 47.2 Å². The van der Waals surface area contributed by atoms with Crippen LogP contribution >= 0.6 is 11.3 Å². The number of rotatable bonds is 5. The first-order valence-corrected chi connectivity index (χ1v) is 9.17. The first-order chi connectivity index (χ1) is 12.4. The van der Waals surface area contributed by atoms with Crippen LogP contribution in [0, 0.1) is 13.8 Å². The molecule has 2 amide bonds. The van der Waals surface area contributed by atoms with Crippen molar-refractivity contribution in [3.63, 3.8) is 0 Å². The van der Waals surface area contributed by atoms with Gasteiger partial charge in [0.25, 0.3) is 0 Å². The van der Waals surface area contributed by atoms with Crippen molar-refractivity contribution in [3.05, 3.63) is 16.3 Å². The van der Waals surface area contributed by atoms with E-state index in [-0.39, 0.29) is 18.4 Å². The van der Waals surface area contributed by atoms with E-state index >= 15 is 0 Å². The molecule has 0 aromatic carbocycles. The van der Waals surface area contributed by atoms with Crippen LogP contribution in [-0.2, 0) is 14.3 Å². The van der Waals surface area contributed by atoms with Gasteiger partial charge < -0.3 is 10.1 Å². The highest BCUT2D eigenvalue weighted by atomic mass is 32.1. The van der Waals surface area contributed by atoms with Crippen LogP contribution in [0.4, 0.5) is 5.82 Å². The van der Waals surface area contributed by atoms with E-state index in [0.717, 1.165) is 10.9 Å². The molecule has 0 spiro atoms. The lowest BCUT2D eigenvalue weighted by molar-refractivity contribution is -0.147. The number of ether oxygens (including phenoxy) is 1. The molecule has 1 saturated heterocycles. The predicted molar refractivity (Wildman–Crippen MR) is 97.3 cm³/mol. The smallest absolute Gasteiger partial charge is 0.348 e. The lowest BCUT2D eigenvalue weighted by Crippen LogP contribution is -2.42. The summed E-state index contributed by atoms with van der Waals surface area (Å²) < 4.78 is 4.82. The van der Waals surface area contributed by atoms with Crippen LogP contribution < -0.4 is 5.32 Å². The number of carbonyl (C=O) groups excluding carboxylic acids is 3. The molecule has 0 unspecified atom stereocenters. The van der Waals surface area contributed by atoms with Gasteiger partial charge in [0.1, 0.15) is 21.3 Å². The predicted octanol–water partition coefficient (Wildman–Crippen LogP) is 2.05. The molecule has 0 atom stereocenters. The van der Waals surface area contributed by atoms with E-state index in [1.807, 2.05) is 6.92 Å². The molecular formula is C17H20N4O4S. The second kappa shape index (κ2) is 7.36. The molecule has 0 radical (unpaired) electrons. The number of methoxy groups -OCH3 is 1. The Hall–Kier alpha value is -2.55. The van der Waals surface area contributed by atoms with Crippen molar-refractivity contribution in [2.24, 2.45) is 0 Å². The highest BCUT2D eigenvalue weighted by Crippen LogP contribution is 2.34. The summed E-state index contributed by atoms with van der Waals surface area (Å²) in [6.45, 7) is 4.27. The lowest BCUT2D eigenvalue weighted by Gasteiger charge is -2.25. The molecule has 2 aromatic heterocycles. The number of imide groups is 1. The SMILES string of the molecule is COC(=O)c1sc2nc(C)nc(NCCN3C(=O)CCCC3=O)c2c1C. The monoisotopic (exact) mass is 376 g/mol. The third kappa shape index (κ3) is 3.39. The fraction of sp³-hybridized carbons (Fsp3) is 0.471. The van der Waals surface area contributed by atoms with E-state index in [4.69, 9.17) is 4.74 Å². The molecular weight excluding hydrogens is 356 g/mol. The van der Waals surface area contributed by atoms with Gasteiger partial charge in [0.2, 0.25) is 11.8 Å².